The molecule has 1 atom stereocenters. The predicted octanol–water partition coefficient (Wildman–Crippen LogP) is 3.43. The Balaban J connectivity index is 1.83. The van der Waals surface area contributed by atoms with Crippen molar-refractivity contribution in [3.8, 4) is 5.75 Å². The Hall–Kier alpha value is -0.970. The molecule has 0 aromatic heterocycles. The average Bonchev–Trinajstić information content (AvgIpc) is 2.51. The average molecular weight is 346 g/mol. The number of nitrogens with one attached hydrogen (secondary N) is 1. The number of aliphatic hydroxyl groups excluding tert-OH is 1. The fraction of sp³-hybridized carbons (Fsp3) is 0.562. The molecule has 0 saturated heterocycles. The zero-order valence-electron chi connectivity index (χ0n) is 12.5. The molecular weight excluding hydrogens is 325 g/mol. The highest BCUT2D eigenvalue weighted by atomic mass is 35.5. The van der Waals surface area contributed by atoms with E-state index in [4.69, 9.17) is 33.0 Å². The van der Waals surface area contributed by atoms with E-state index in [0.717, 1.165) is 25.7 Å². The molecule has 22 heavy (non-hydrogen) atoms. The van der Waals surface area contributed by atoms with E-state index in [-0.39, 0.29) is 18.6 Å². The lowest BCUT2D eigenvalue weighted by atomic mass is 9.86. The monoisotopic (exact) mass is 345 g/mol. The van der Waals surface area contributed by atoms with Crippen molar-refractivity contribution >= 4 is 29.1 Å². The standard InChI is InChI=1S/C16H21Cl2NO3/c1-10(22-13-6-7-14(17)15(18)8-13)16(21)19-12-4-2-11(9-20)3-5-12/h6-8,10-12,20H,2-5,9H2,1H3,(H,19,21). The minimum absolute atomic E-state index is 0.140. The zero-order valence-corrected chi connectivity index (χ0v) is 14.0. The molecule has 0 spiro atoms. The maximum Gasteiger partial charge on any atom is 0.260 e. The van der Waals surface area contributed by atoms with Crippen molar-refractivity contribution in [2.24, 2.45) is 5.92 Å². The van der Waals surface area contributed by atoms with Crippen LogP contribution in [0, 0.1) is 5.92 Å². The highest BCUT2D eigenvalue weighted by molar-refractivity contribution is 6.42. The van der Waals surface area contributed by atoms with Gasteiger partial charge < -0.3 is 15.2 Å². The summed E-state index contributed by atoms with van der Waals surface area (Å²) in [5.41, 5.74) is 0. The van der Waals surface area contributed by atoms with Gasteiger partial charge in [-0.15, -0.1) is 0 Å². The quantitative estimate of drug-likeness (QED) is 0.859. The van der Waals surface area contributed by atoms with Gasteiger partial charge in [0.2, 0.25) is 0 Å². The van der Waals surface area contributed by atoms with Crippen LogP contribution >= 0.6 is 23.2 Å². The molecule has 2 N–H and O–H groups in total. The van der Waals surface area contributed by atoms with Crippen molar-refractivity contribution < 1.29 is 14.6 Å². The van der Waals surface area contributed by atoms with Crippen LogP contribution in [0.1, 0.15) is 32.6 Å². The second-order valence-corrected chi connectivity index (χ2v) is 6.56. The molecule has 1 aliphatic carbocycles. The Bertz CT molecular complexity index is 516. The van der Waals surface area contributed by atoms with Crippen LogP contribution in [0.15, 0.2) is 18.2 Å². The summed E-state index contributed by atoms with van der Waals surface area (Å²) in [4.78, 5) is 12.2. The predicted molar refractivity (Wildman–Crippen MR) is 87.5 cm³/mol. The summed E-state index contributed by atoms with van der Waals surface area (Å²) in [6, 6.07) is 5.08. The van der Waals surface area contributed by atoms with Crippen LogP contribution in [0.2, 0.25) is 10.0 Å². The first-order valence-corrected chi connectivity index (χ1v) is 8.28. The molecular formula is C16H21Cl2NO3. The van der Waals surface area contributed by atoms with Crippen LogP contribution in [-0.4, -0.2) is 29.8 Å². The van der Waals surface area contributed by atoms with E-state index in [2.05, 4.69) is 5.32 Å². The van der Waals surface area contributed by atoms with Crippen LogP contribution in [0.3, 0.4) is 0 Å². The van der Waals surface area contributed by atoms with Crippen LogP contribution in [-0.2, 0) is 4.79 Å². The normalized spacial score (nSPS) is 22.9. The molecule has 1 fully saturated rings. The van der Waals surface area contributed by atoms with Crippen LogP contribution in [0.5, 0.6) is 5.75 Å². The summed E-state index contributed by atoms with van der Waals surface area (Å²) in [5, 5.41) is 13.0. The van der Waals surface area contributed by atoms with Crippen LogP contribution in [0.25, 0.3) is 0 Å². The van der Waals surface area contributed by atoms with E-state index < -0.39 is 6.10 Å². The van der Waals surface area contributed by atoms with Crippen molar-refractivity contribution in [2.45, 2.75) is 44.8 Å². The van der Waals surface area contributed by atoms with Gasteiger partial charge in [-0.1, -0.05) is 23.2 Å². The lowest BCUT2D eigenvalue weighted by molar-refractivity contribution is -0.128. The minimum Gasteiger partial charge on any atom is -0.481 e. The molecule has 122 valence electrons. The SMILES string of the molecule is CC(Oc1ccc(Cl)c(Cl)c1)C(=O)NC1CCC(CO)CC1. The van der Waals surface area contributed by atoms with Gasteiger partial charge in [-0.3, -0.25) is 4.79 Å². The second-order valence-electron chi connectivity index (χ2n) is 5.74. The molecule has 1 unspecified atom stereocenters. The van der Waals surface area contributed by atoms with Crippen LogP contribution in [0.4, 0.5) is 0 Å². The maximum absolute atomic E-state index is 12.2. The molecule has 1 aromatic carbocycles. The van der Waals surface area contributed by atoms with E-state index in [1.807, 2.05) is 0 Å². The van der Waals surface area contributed by atoms with Gasteiger partial charge in [0.15, 0.2) is 6.10 Å². The Morgan fingerprint density at radius 2 is 2.00 bits per heavy atom. The third kappa shape index (κ3) is 4.77. The zero-order chi connectivity index (χ0) is 16.1. The number of ether oxygens (including phenoxy) is 1. The molecule has 1 aliphatic rings. The van der Waals surface area contributed by atoms with Gasteiger partial charge in [0.25, 0.3) is 5.91 Å². The van der Waals surface area contributed by atoms with Gasteiger partial charge in [0.1, 0.15) is 5.75 Å². The van der Waals surface area contributed by atoms with E-state index >= 15 is 0 Å². The molecule has 1 amide bonds. The largest absolute Gasteiger partial charge is 0.481 e. The number of amides is 1. The summed E-state index contributed by atoms with van der Waals surface area (Å²) in [6.07, 6.45) is 3.09. The minimum atomic E-state index is -0.604. The first-order chi connectivity index (χ1) is 10.5. The first kappa shape index (κ1) is 17.4. The first-order valence-electron chi connectivity index (χ1n) is 7.52. The maximum atomic E-state index is 12.2. The van der Waals surface area contributed by atoms with Crippen molar-refractivity contribution in [3.05, 3.63) is 28.2 Å². The Morgan fingerprint density at radius 3 is 2.59 bits per heavy atom. The molecule has 0 bridgehead atoms. The van der Waals surface area contributed by atoms with Gasteiger partial charge in [0, 0.05) is 18.7 Å². The van der Waals surface area contributed by atoms with Gasteiger partial charge in [-0.25, -0.2) is 0 Å². The van der Waals surface area contributed by atoms with Crippen LogP contribution < -0.4 is 10.1 Å². The number of hydrogen-bond acceptors (Lipinski definition) is 3. The molecule has 1 saturated carbocycles. The number of benzene rings is 1. The summed E-state index contributed by atoms with van der Waals surface area (Å²) >= 11 is 11.8. The third-order valence-corrected chi connectivity index (χ3v) is 4.76. The molecule has 4 nitrogen and oxygen atoms in total. The molecule has 6 heteroatoms. The summed E-state index contributed by atoms with van der Waals surface area (Å²) in [7, 11) is 0. The summed E-state index contributed by atoms with van der Waals surface area (Å²) < 4.78 is 5.60. The van der Waals surface area contributed by atoms with Gasteiger partial charge in [-0.05, 0) is 50.7 Å². The van der Waals surface area contributed by atoms with E-state index in [1.165, 1.54) is 0 Å². The molecule has 2 rings (SSSR count). The fourth-order valence-corrected chi connectivity index (χ4v) is 2.90. The molecule has 0 aliphatic heterocycles. The number of halogens is 2. The van der Waals surface area contributed by atoms with Crippen molar-refractivity contribution in [2.75, 3.05) is 6.61 Å². The lowest BCUT2D eigenvalue weighted by Crippen LogP contribution is -2.44. The number of carbonyl (C=O) groups excluding carboxylic acids is 1. The number of hydrogen-bond donors (Lipinski definition) is 2. The summed E-state index contributed by atoms with van der Waals surface area (Å²) in [6.45, 7) is 1.94. The Kier molecular flexibility index (Phi) is 6.36. The van der Waals surface area contributed by atoms with E-state index in [9.17, 15) is 4.79 Å². The van der Waals surface area contributed by atoms with E-state index in [1.54, 1.807) is 25.1 Å². The highest BCUT2D eigenvalue weighted by Crippen LogP contribution is 2.27. The molecule has 1 aromatic rings. The smallest absolute Gasteiger partial charge is 0.260 e. The molecule has 0 radical (unpaired) electrons. The number of aliphatic hydroxyl groups is 1. The lowest BCUT2D eigenvalue weighted by Gasteiger charge is -2.28. The van der Waals surface area contributed by atoms with Gasteiger partial charge in [-0.2, -0.15) is 0 Å². The number of carbonyl (C=O) groups is 1. The Morgan fingerprint density at radius 1 is 1.32 bits per heavy atom. The highest BCUT2D eigenvalue weighted by Gasteiger charge is 2.24. The van der Waals surface area contributed by atoms with Gasteiger partial charge in [0.05, 0.1) is 10.0 Å². The topological polar surface area (TPSA) is 58.6 Å². The Labute approximate surface area is 140 Å². The van der Waals surface area contributed by atoms with Gasteiger partial charge >= 0.3 is 0 Å². The third-order valence-electron chi connectivity index (χ3n) is 4.02. The van der Waals surface area contributed by atoms with Crippen molar-refractivity contribution in [1.82, 2.24) is 5.32 Å². The fourth-order valence-electron chi connectivity index (χ4n) is 2.62. The van der Waals surface area contributed by atoms with Crippen molar-refractivity contribution in [1.29, 1.82) is 0 Å². The summed E-state index contributed by atoms with van der Waals surface area (Å²) in [5.74, 6) is 0.748. The number of rotatable bonds is 5. The second kappa shape index (κ2) is 8.04. The van der Waals surface area contributed by atoms with E-state index in [0.29, 0.717) is 21.7 Å². The molecule has 0 heterocycles. The van der Waals surface area contributed by atoms with Crippen molar-refractivity contribution in [3.63, 3.8) is 0 Å².